The van der Waals surface area contributed by atoms with Gasteiger partial charge >= 0.3 is 0 Å². The summed E-state index contributed by atoms with van der Waals surface area (Å²) in [6, 6.07) is 6.37. The van der Waals surface area contributed by atoms with Gasteiger partial charge in [0.2, 0.25) is 0 Å². The van der Waals surface area contributed by atoms with E-state index in [9.17, 15) is 0 Å². The molecule has 6 heteroatoms. The molecule has 23 heavy (non-hydrogen) atoms. The number of aromatic amines is 1. The average Bonchev–Trinajstić information content (AvgIpc) is 2.82. The van der Waals surface area contributed by atoms with Crippen molar-refractivity contribution in [3.05, 3.63) is 42.1 Å². The zero-order valence-electron chi connectivity index (χ0n) is 13.0. The number of hydrogen-bond donors (Lipinski definition) is 2. The predicted molar refractivity (Wildman–Crippen MR) is 93.5 cm³/mol. The van der Waals surface area contributed by atoms with Gasteiger partial charge in [-0.1, -0.05) is 12.7 Å². The number of rotatable bonds is 3. The van der Waals surface area contributed by atoms with Crippen molar-refractivity contribution in [2.75, 3.05) is 24.8 Å². The average molecular weight is 331 g/mol. The van der Waals surface area contributed by atoms with Crippen molar-refractivity contribution in [1.29, 1.82) is 0 Å². The molecule has 4 rings (SSSR count). The fourth-order valence-corrected chi connectivity index (χ4v) is 4.24. The van der Waals surface area contributed by atoms with Gasteiger partial charge in [-0.25, -0.2) is 0 Å². The zero-order chi connectivity index (χ0) is 15.8. The second kappa shape index (κ2) is 6.20. The van der Waals surface area contributed by atoms with Gasteiger partial charge in [-0.3, -0.25) is 4.84 Å². The van der Waals surface area contributed by atoms with Gasteiger partial charge in [0.15, 0.2) is 0 Å². The second-order valence-corrected chi connectivity index (χ2v) is 6.92. The Labute approximate surface area is 139 Å². The first kappa shape index (κ1) is 15.1. The van der Waals surface area contributed by atoms with Crippen LogP contribution in [0.1, 0.15) is 17.3 Å². The van der Waals surface area contributed by atoms with E-state index >= 15 is 0 Å². The molecule has 0 amide bonds. The molecule has 1 aromatic heterocycles. The number of nitrogens with two attached hydrogens (primary N) is 1. The summed E-state index contributed by atoms with van der Waals surface area (Å²) in [7, 11) is 0. The highest BCUT2D eigenvalue weighted by molar-refractivity contribution is 7.99. The van der Waals surface area contributed by atoms with Gasteiger partial charge in [0, 0.05) is 41.0 Å². The Morgan fingerprint density at radius 1 is 1.52 bits per heavy atom. The maximum Gasteiger partial charge on any atom is 0.121 e. The number of nitrogens with one attached hydrogen (secondary N) is 1. The van der Waals surface area contributed by atoms with E-state index in [-0.39, 0.29) is 12.1 Å². The number of hydroxylamine groups is 2. The molecule has 1 fully saturated rings. The van der Waals surface area contributed by atoms with Crippen molar-refractivity contribution in [1.82, 2.24) is 10.0 Å². The van der Waals surface area contributed by atoms with Crippen LogP contribution in [0.15, 0.2) is 30.9 Å². The van der Waals surface area contributed by atoms with E-state index in [1.165, 1.54) is 16.6 Å². The number of H-pyrrole nitrogens is 1. The van der Waals surface area contributed by atoms with Gasteiger partial charge in [-0.05, 0) is 24.1 Å². The van der Waals surface area contributed by atoms with Crippen LogP contribution in [0.3, 0.4) is 0 Å². The lowest BCUT2D eigenvalue weighted by Gasteiger charge is -2.35. The summed E-state index contributed by atoms with van der Waals surface area (Å²) in [6.07, 6.45) is 2.72. The second-order valence-electron chi connectivity index (χ2n) is 5.94. The summed E-state index contributed by atoms with van der Waals surface area (Å²) in [5.74, 6) is 2.44. The molecular weight excluding hydrogens is 310 g/mol. The Balaban J connectivity index is 1.76. The summed E-state index contributed by atoms with van der Waals surface area (Å²) in [6.45, 7) is 5.08. The molecule has 2 atom stereocenters. The van der Waals surface area contributed by atoms with Gasteiger partial charge < -0.3 is 15.5 Å². The molecule has 0 radical (unpaired) electrons. The Morgan fingerprint density at radius 2 is 2.43 bits per heavy atom. The lowest BCUT2D eigenvalue weighted by molar-refractivity contribution is -0.175. The van der Waals surface area contributed by atoms with Crippen LogP contribution >= 0.6 is 11.8 Å². The Bertz CT molecular complexity index is 730. The van der Waals surface area contributed by atoms with Crippen LogP contribution in [-0.4, -0.2) is 40.9 Å². The first-order valence-corrected chi connectivity index (χ1v) is 9.04. The number of ether oxygens (including phenoxy) is 1. The number of nitrogens with zero attached hydrogens (tertiary/aromatic N) is 1. The highest BCUT2D eigenvalue weighted by atomic mass is 32.2. The predicted octanol–water partition coefficient (Wildman–Crippen LogP) is 2.60. The highest BCUT2D eigenvalue weighted by Gasteiger charge is 2.36. The SMILES string of the molecule is C=CCOc1ccc2c3c([nH]c2c1)C1[C@H](N)CSCON1CC3. The van der Waals surface area contributed by atoms with Crippen molar-refractivity contribution >= 4 is 22.7 Å². The van der Waals surface area contributed by atoms with Gasteiger partial charge in [0.1, 0.15) is 18.3 Å². The minimum absolute atomic E-state index is 0.0612. The third kappa shape index (κ3) is 2.65. The number of aromatic nitrogens is 1. The van der Waals surface area contributed by atoms with Crippen molar-refractivity contribution in [3.8, 4) is 5.75 Å². The quantitative estimate of drug-likeness (QED) is 0.847. The van der Waals surface area contributed by atoms with Crippen LogP contribution in [0.4, 0.5) is 0 Å². The Hall–Kier alpha value is -1.47. The molecule has 3 heterocycles. The molecular formula is C17H21N3O2S. The summed E-state index contributed by atoms with van der Waals surface area (Å²) in [5, 5.41) is 3.31. The molecule has 1 saturated heterocycles. The number of fused-ring (bicyclic) bond motifs is 5. The smallest absolute Gasteiger partial charge is 0.121 e. The van der Waals surface area contributed by atoms with Crippen molar-refractivity contribution in [2.24, 2.45) is 5.73 Å². The molecule has 2 aromatic rings. The lowest BCUT2D eigenvalue weighted by Crippen LogP contribution is -2.44. The summed E-state index contributed by atoms with van der Waals surface area (Å²) in [4.78, 5) is 9.44. The normalized spacial score (nSPS) is 24.7. The molecule has 0 bridgehead atoms. The highest BCUT2D eigenvalue weighted by Crippen LogP contribution is 2.39. The maximum atomic E-state index is 6.42. The molecule has 2 aliphatic rings. The number of hydrogen-bond acceptors (Lipinski definition) is 5. The molecule has 2 aliphatic heterocycles. The van der Waals surface area contributed by atoms with E-state index in [4.69, 9.17) is 15.3 Å². The summed E-state index contributed by atoms with van der Waals surface area (Å²) < 4.78 is 5.64. The van der Waals surface area contributed by atoms with Gasteiger partial charge in [0.25, 0.3) is 0 Å². The van der Waals surface area contributed by atoms with E-state index in [2.05, 4.69) is 28.8 Å². The monoisotopic (exact) mass is 331 g/mol. The van der Waals surface area contributed by atoms with Crippen LogP contribution in [0.2, 0.25) is 0 Å². The lowest BCUT2D eigenvalue weighted by atomic mass is 9.95. The number of benzene rings is 1. The van der Waals surface area contributed by atoms with Crippen molar-refractivity contribution in [2.45, 2.75) is 18.5 Å². The molecule has 0 saturated carbocycles. The summed E-state index contributed by atoms with van der Waals surface area (Å²) >= 11 is 1.75. The minimum Gasteiger partial charge on any atom is -0.489 e. The summed E-state index contributed by atoms with van der Waals surface area (Å²) in [5.41, 5.74) is 10.1. The maximum absolute atomic E-state index is 6.42. The molecule has 1 unspecified atom stereocenters. The first-order chi connectivity index (χ1) is 11.3. The largest absolute Gasteiger partial charge is 0.489 e. The fourth-order valence-electron chi connectivity index (χ4n) is 3.48. The minimum atomic E-state index is 0.0612. The Kier molecular flexibility index (Phi) is 4.07. The molecule has 122 valence electrons. The zero-order valence-corrected chi connectivity index (χ0v) is 13.8. The third-order valence-electron chi connectivity index (χ3n) is 4.48. The van der Waals surface area contributed by atoms with Crippen molar-refractivity contribution in [3.63, 3.8) is 0 Å². The van der Waals surface area contributed by atoms with Crippen LogP contribution in [-0.2, 0) is 11.3 Å². The van der Waals surface area contributed by atoms with Crippen LogP contribution in [0.5, 0.6) is 5.75 Å². The van der Waals surface area contributed by atoms with Gasteiger partial charge in [0.05, 0.1) is 6.04 Å². The fraction of sp³-hybridized carbons (Fsp3) is 0.412. The van der Waals surface area contributed by atoms with Crippen LogP contribution in [0, 0.1) is 0 Å². The van der Waals surface area contributed by atoms with E-state index in [0.717, 1.165) is 30.0 Å². The molecule has 5 nitrogen and oxygen atoms in total. The first-order valence-electron chi connectivity index (χ1n) is 7.89. The van der Waals surface area contributed by atoms with E-state index in [1.54, 1.807) is 17.8 Å². The standard InChI is InChI=1S/C17H21N3O2S/c1-2-7-21-11-3-4-12-13-5-6-20-17(14(18)9-23-10-22-20)16(13)19-15(12)8-11/h2-4,8,14,17,19H,1,5-7,9-10,18H2/t14-,17?/m1/s1. The third-order valence-corrected chi connectivity index (χ3v) is 5.38. The Morgan fingerprint density at radius 3 is 3.30 bits per heavy atom. The topological polar surface area (TPSA) is 63.5 Å². The van der Waals surface area contributed by atoms with E-state index in [1.807, 2.05) is 6.07 Å². The van der Waals surface area contributed by atoms with E-state index < -0.39 is 0 Å². The number of thioether (sulfide) groups is 1. The van der Waals surface area contributed by atoms with Crippen LogP contribution in [0.25, 0.3) is 10.9 Å². The molecule has 3 N–H and O–H groups in total. The van der Waals surface area contributed by atoms with Gasteiger partial charge in [-0.2, -0.15) is 5.06 Å². The van der Waals surface area contributed by atoms with Crippen molar-refractivity contribution < 1.29 is 9.57 Å². The molecule has 1 aromatic carbocycles. The molecule has 0 aliphatic carbocycles. The van der Waals surface area contributed by atoms with E-state index in [0.29, 0.717) is 12.5 Å². The van der Waals surface area contributed by atoms with Crippen LogP contribution < -0.4 is 10.5 Å². The van der Waals surface area contributed by atoms with Gasteiger partial charge in [-0.15, -0.1) is 11.8 Å². The molecule has 0 spiro atoms.